The molecule has 6 nitrogen and oxygen atoms in total. The molecule has 0 unspecified atom stereocenters. The number of thioether (sulfide) groups is 1. The van der Waals surface area contributed by atoms with Gasteiger partial charge in [-0.3, -0.25) is 9.20 Å². The topological polar surface area (TPSA) is 63.4 Å². The van der Waals surface area contributed by atoms with Crippen LogP contribution in [0, 0.1) is 6.92 Å². The fourth-order valence-electron chi connectivity index (χ4n) is 4.17. The molecule has 0 atom stereocenters. The molecule has 3 aromatic heterocycles. The molecule has 8 heteroatoms. The van der Waals surface area contributed by atoms with Gasteiger partial charge in [-0.1, -0.05) is 59.8 Å². The Bertz CT molecular complexity index is 1470. The molecule has 0 saturated heterocycles. The lowest BCUT2D eigenvalue weighted by atomic mass is 10.0. The van der Waals surface area contributed by atoms with Crippen molar-refractivity contribution >= 4 is 50.6 Å². The summed E-state index contributed by atoms with van der Waals surface area (Å²) in [5, 5.41) is 12.7. The first kappa shape index (κ1) is 19.5. The summed E-state index contributed by atoms with van der Waals surface area (Å²) in [6.07, 6.45) is 2.66. The smallest absolute Gasteiger partial charge is 0.237 e. The number of hydrogen-bond donors (Lipinski definition) is 0. The number of hydrogen-bond acceptors (Lipinski definition) is 6. The van der Waals surface area contributed by atoms with Crippen molar-refractivity contribution in [3.8, 4) is 11.1 Å². The number of carbonyl (C=O) groups excluding carboxylic acids is 1. The summed E-state index contributed by atoms with van der Waals surface area (Å²) in [4.78, 5) is 20.3. The average molecular weight is 458 g/mol. The van der Waals surface area contributed by atoms with Gasteiger partial charge in [0.1, 0.15) is 11.2 Å². The molecule has 0 spiro atoms. The van der Waals surface area contributed by atoms with E-state index in [0.717, 1.165) is 45.6 Å². The van der Waals surface area contributed by atoms with Gasteiger partial charge in [0.25, 0.3) is 0 Å². The molecule has 1 aliphatic heterocycles. The molecular formula is C24H19N5OS2. The van der Waals surface area contributed by atoms with Gasteiger partial charge < -0.3 is 4.90 Å². The van der Waals surface area contributed by atoms with Crippen molar-refractivity contribution in [2.24, 2.45) is 0 Å². The second-order valence-electron chi connectivity index (χ2n) is 7.83. The minimum Gasteiger partial charge on any atom is -0.311 e. The molecule has 2 aromatic carbocycles. The van der Waals surface area contributed by atoms with Gasteiger partial charge in [0.15, 0.2) is 10.8 Å². The normalized spacial score (nSPS) is 13.2. The Balaban J connectivity index is 1.30. The maximum absolute atomic E-state index is 12.9. The van der Waals surface area contributed by atoms with Crippen LogP contribution in [0.4, 0.5) is 5.69 Å². The number of fused-ring (bicyclic) bond motifs is 4. The Morgan fingerprint density at radius 3 is 2.84 bits per heavy atom. The number of thiophene rings is 1. The number of para-hydroxylation sites is 1. The summed E-state index contributed by atoms with van der Waals surface area (Å²) in [6, 6.07) is 16.6. The van der Waals surface area contributed by atoms with E-state index in [0.29, 0.717) is 10.9 Å². The largest absolute Gasteiger partial charge is 0.311 e. The molecule has 0 radical (unpaired) electrons. The highest BCUT2D eigenvalue weighted by Gasteiger charge is 2.25. The Morgan fingerprint density at radius 1 is 1.12 bits per heavy atom. The predicted molar refractivity (Wildman–Crippen MR) is 130 cm³/mol. The van der Waals surface area contributed by atoms with Crippen molar-refractivity contribution in [3.63, 3.8) is 0 Å². The molecule has 0 N–H and O–H groups in total. The van der Waals surface area contributed by atoms with Crippen molar-refractivity contribution in [1.82, 2.24) is 19.6 Å². The molecule has 6 rings (SSSR count). The second-order valence-corrected chi connectivity index (χ2v) is 9.63. The van der Waals surface area contributed by atoms with E-state index in [-0.39, 0.29) is 5.91 Å². The number of carbonyl (C=O) groups is 1. The number of aromatic nitrogens is 4. The van der Waals surface area contributed by atoms with Gasteiger partial charge >= 0.3 is 0 Å². The summed E-state index contributed by atoms with van der Waals surface area (Å²) in [7, 11) is 0. The first-order valence-corrected chi connectivity index (χ1v) is 12.2. The molecule has 1 amide bonds. The minimum absolute atomic E-state index is 0.0848. The predicted octanol–water partition coefficient (Wildman–Crippen LogP) is 5.00. The van der Waals surface area contributed by atoms with Gasteiger partial charge in [0.2, 0.25) is 5.91 Å². The van der Waals surface area contributed by atoms with Gasteiger partial charge in [-0.2, -0.15) is 0 Å². The number of amides is 1. The molecule has 4 heterocycles. The third-order valence-electron chi connectivity index (χ3n) is 5.83. The van der Waals surface area contributed by atoms with E-state index in [9.17, 15) is 4.79 Å². The van der Waals surface area contributed by atoms with Gasteiger partial charge in [-0.15, -0.1) is 21.5 Å². The van der Waals surface area contributed by atoms with Crippen LogP contribution < -0.4 is 4.90 Å². The standard InChI is InChI=1S/C24H19N5OS2/c1-15-6-8-16(9-7-15)18-12-31-23-21(18)22-26-27-24(29(22)14-25-23)32-13-20(30)28-11-10-17-4-2-3-5-19(17)28/h2-9,12,14H,10-11,13H2,1H3. The quantitative estimate of drug-likeness (QED) is 0.356. The van der Waals surface area contributed by atoms with Crippen LogP contribution >= 0.6 is 23.1 Å². The average Bonchev–Trinajstić information content (AvgIpc) is 3.54. The molecule has 1 aliphatic rings. The molecular weight excluding hydrogens is 438 g/mol. The molecule has 32 heavy (non-hydrogen) atoms. The van der Waals surface area contributed by atoms with E-state index in [1.54, 1.807) is 17.7 Å². The van der Waals surface area contributed by atoms with Crippen LogP contribution in [0.5, 0.6) is 0 Å². The highest BCUT2D eigenvalue weighted by molar-refractivity contribution is 7.99. The number of aryl methyl sites for hydroxylation is 1. The number of rotatable bonds is 4. The first-order chi connectivity index (χ1) is 15.7. The molecule has 0 aliphatic carbocycles. The van der Waals surface area contributed by atoms with Crippen LogP contribution in [0.2, 0.25) is 0 Å². The van der Waals surface area contributed by atoms with Crippen LogP contribution in [-0.2, 0) is 11.2 Å². The highest BCUT2D eigenvalue weighted by atomic mass is 32.2. The molecule has 0 saturated carbocycles. The van der Waals surface area contributed by atoms with Crippen LogP contribution in [0.25, 0.3) is 27.0 Å². The van der Waals surface area contributed by atoms with E-state index in [1.165, 1.54) is 22.9 Å². The third-order valence-corrected chi connectivity index (χ3v) is 7.64. The number of nitrogens with zero attached hydrogens (tertiary/aromatic N) is 5. The zero-order valence-corrected chi connectivity index (χ0v) is 19.0. The van der Waals surface area contributed by atoms with Crippen molar-refractivity contribution in [1.29, 1.82) is 0 Å². The van der Waals surface area contributed by atoms with Crippen LogP contribution in [0.3, 0.4) is 0 Å². The van der Waals surface area contributed by atoms with Crippen molar-refractivity contribution in [3.05, 3.63) is 71.4 Å². The number of benzene rings is 2. The number of anilines is 1. The fourth-order valence-corrected chi connectivity index (χ4v) is 5.86. The van der Waals surface area contributed by atoms with Crippen LogP contribution in [-0.4, -0.2) is 37.8 Å². The summed E-state index contributed by atoms with van der Waals surface area (Å²) in [5.41, 5.74) is 6.49. The maximum atomic E-state index is 12.9. The molecule has 5 aromatic rings. The van der Waals surface area contributed by atoms with Gasteiger partial charge in [0, 0.05) is 23.2 Å². The van der Waals surface area contributed by atoms with Crippen molar-refractivity contribution in [2.75, 3.05) is 17.2 Å². The van der Waals surface area contributed by atoms with E-state index >= 15 is 0 Å². The zero-order chi connectivity index (χ0) is 21.7. The third kappa shape index (κ3) is 3.18. The minimum atomic E-state index is 0.0848. The van der Waals surface area contributed by atoms with E-state index in [1.807, 2.05) is 27.5 Å². The lowest BCUT2D eigenvalue weighted by Gasteiger charge is -2.16. The highest BCUT2D eigenvalue weighted by Crippen LogP contribution is 2.36. The van der Waals surface area contributed by atoms with Crippen molar-refractivity contribution in [2.45, 2.75) is 18.5 Å². The van der Waals surface area contributed by atoms with Gasteiger partial charge in [0.05, 0.1) is 11.1 Å². The molecule has 158 valence electrons. The van der Waals surface area contributed by atoms with Crippen LogP contribution in [0.15, 0.2) is 65.4 Å². The molecule has 0 fully saturated rings. The monoisotopic (exact) mass is 457 g/mol. The van der Waals surface area contributed by atoms with Crippen molar-refractivity contribution < 1.29 is 4.79 Å². The Hall–Kier alpha value is -3.23. The first-order valence-electron chi connectivity index (χ1n) is 10.4. The maximum Gasteiger partial charge on any atom is 0.237 e. The van der Waals surface area contributed by atoms with Crippen LogP contribution in [0.1, 0.15) is 11.1 Å². The Morgan fingerprint density at radius 2 is 1.97 bits per heavy atom. The van der Waals surface area contributed by atoms with Gasteiger partial charge in [-0.05, 0) is 30.5 Å². The lowest BCUT2D eigenvalue weighted by molar-refractivity contribution is -0.116. The Labute approximate surface area is 192 Å². The fraction of sp³-hybridized carbons (Fsp3) is 0.167. The molecule has 0 bridgehead atoms. The lowest BCUT2D eigenvalue weighted by Crippen LogP contribution is -2.30. The summed E-state index contributed by atoms with van der Waals surface area (Å²) < 4.78 is 1.89. The second kappa shape index (κ2) is 7.72. The van der Waals surface area contributed by atoms with Gasteiger partial charge in [-0.25, -0.2) is 4.98 Å². The summed E-state index contributed by atoms with van der Waals surface area (Å²) in [5.74, 6) is 0.392. The summed E-state index contributed by atoms with van der Waals surface area (Å²) >= 11 is 3.01. The summed E-state index contributed by atoms with van der Waals surface area (Å²) in [6.45, 7) is 2.82. The Kier molecular flexibility index (Phi) is 4.69. The van der Waals surface area contributed by atoms with E-state index in [2.05, 4.69) is 57.8 Å². The van der Waals surface area contributed by atoms with E-state index in [4.69, 9.17) is 0 Å². The van der Waals surface area contributed by atoms with E-state index < -0.39 is 0 Å². The SMILES string of the molecule is Cc1ccc(-c2csc3ncn4c(SCC(=O)N5CCc6ccccc65)nnc4c23)cc1. The zero-order valence-electron chi connectivity index (χ0n) is 17.4.